The van der Waals surface area contributed by atoms with Crippen LogP contribution in [0.15, 0.2) is 0 Å². The van der Waals surface area contributed by atoms with Crippen LogP contribution in [0.2, 0.25) is 0 Å². The van der Waals surface area contributed by atoms with Gasteiger partial charge in [-0.3, -0.25) is 0 Å². The molecule has 0 aliphatic rings. The smallest absolute Gasteiger partial charge is 0.00981 e. The molecule has 1 nitrogen and oxygen atoms in total. The molecule has 0 aliphatic heterocycles. The second kappa shape index (κ2) is 8.96. The maximum atomic E-state index is 5.13. The molecular formula is C10H19NS. The van der Waals surface area contributed by atoms with Crippen LogP contribution in [-0.4, -0.2) is 24.6 Å². The summed E-state index contributed by atoms with van der Waals surface area (Å²) >= 11 is 1.92. The minimum absolute atomic E-state index is 0.769. The molecule has 0 heterocycles. The van der Waals surface area contributed by atoms with E-state index < -0.39 is 0 Å². The van der Waals surface area contributed by atoms with E-state index in [9.17, 15) is 0 Å². The van der Waals surface area contributed by atoms with Crippen LogP contribution in [0.3, 0.4) is 0 Å². The molecular weight excluding hydrogens is 166 g/mol. The predicted molar refractivity (Wildman–Crippen MR) is 58.5 cm³/mol. The highest BCUT2D eigenvalue weighted by Crippen LogP contribution is 2.07. The van der Waals surface area contributed by atoms with Gasteiger partial charge in [0.25, 0.3) is 0 Å². The van der Waals surface area contributed by atoms with Crippen molar-refractivity contribution >= 4 is 11.8 Å². The second-order valence-corrected chi connectivity index (χ2v) is 4.17. The maximum Gasteiger partial charge on any atom is 0.00981 e. The lowest BCUT2D eigenvalue weighted by molar-refractivity contribution is 0.628. The third-order valence-corrected chi connectivity index (χ3v) is 2.85. The van der Waals surface area contributed by atoms with Gasteiger partial charge in [0.05, 0.1) is 0 Å². The van der Waals surface area contributed by atoms with Gasteiger partial charge in [-0.2, -0.15) is 11.8 Å². The summed E-state index contributed by atoms with van der Waals surface area (Å²) in [7, 11) is 0. The van der Waals surface area contributed by atoms with Crippen molar-refractivity contribution in [3.05, 3.63) is 0 Å². The molecule has 2 heteroatoms. The zero-order valence-electron chi connectivity index (χ0n) is 8.10. The van der Waals surface area contributed by atoms with Crippen molar-refractivity contribution in [1.82, 2.24) is 5.32 Å². The first-order valence-electron chi connectivity index (χ1n) is 4.48. The van der Waals surface area contributed by atoms with Gasteiger partial charge >= 0.3 is 0 Å². The Hall–Kier alpha value is -0.130. The monoisotopic (exact) mass is 185 g/mol. The van der Waals surface area contributed by atoms with Gasteiger partial charge in [0.15, 0.2) is 0 Å². The highest BCUT2D eigenvalue weighted by molar-refractivity contribution is 7.99. The third-order valence-electron chi connectivity index (χ3n) is 1.80. The normalized spacial score (nSPS) is 12.4. The number of terminal acetylenes is 1. The van der Waals surface area contributed by atoms with E-state index in [0.717, 1.165) is 31.2 Å². The van der Waals surface area contributed by atoms with Crippen molar-refractivity contribution in [2.45, 2.75) is 31.4 Å². The molecule has 0 aromatic heterocycles. The van der Waals surface area contributed by atoms with E-state index in [0.29, 0.717) is 0 Å². The van der Waals surface area contributed by atoms with Gasteiger partial charge in [0, 0.05) is 11.7 Å². The lowest BCUT2D eigenvalue weighted by Crippen LogP contribution is -2.19. The number of unbranched alkanes of at least 4 members (excludes halogenated alkanes) is 1. The van der Waals surface area contributed by atoms with Crippen molar-refractivity contribution in [2.24, 2.45) is 0 Å². The summed E-state index contributed by atoms with van der Waals surface area (Å²) in [5, 5.41) is 4.15. The topological polar surface area (TPSA) is 12.0 Å². The van der Waals surface area contributed by atoms with Crippen molar-refractivity contribution in [3.8, 4) is 12.3 Å². The minimum Gasteiger partial charge on any atom is -0.317 e. The third kappa shape index (κ3) is 7.97. The maximum absolute atomic E-state index is 5.13. The average Bonchev–Trinajstić information content (AvgIpc) is 2.10. The number of rotatable bonds is 7. The highest BCUT2D eigenvalue weighted by Gasteiger charge is 1.96. The number of hydrogen-bond acceptors (Lipinski definition) is 2. The fourth-order valence-electron chi connectivity index (χ4n) is 0.864. The Labute approximate surface area is 80.7 Å². The van der Waals surface area contributed by atoms with Crippen LogP contribution in [0, 0.1) is 12.3 Å². The molecule has 0 amide bonds. The molecule has 0 bridgehead atoms. The fraction of sp³-hybridized carbons (Fsp3) is 0.800. The molecule has 0 saturated carbocycles. The standard InChI is InChI=1S/C10H19NS/c1-4-5-6-8-11-9-7-10(2)12-3/h1,10-11H,5-9H2,2-3H3. The summed E-state index contributed by atoms with van der Waals surface area (Å²) in [5.74, 6) is 2.63. The molecule has 0 radical (unpaired) electrons. The molecule has 1 unspecified atom stereocenters. The average molecular weight is 185 g/mol. The first-order valence-corrected chi connectivity index (χ1v) is 5.77. The first kappa shape index (κ1) is 11.9. The van der Waals surface area contributed by atoms with Crippen LogP contribution >= 0.6 is 11.8 Å². The quantitative estimate of drug-likeness (QED) is 0.482. The van der Waals surface area contributed by atoms with E-state index in [4.69, 9.17) is 6.42 Å². The summed E-state index contributed by atoms with van der Waals surface area (Å²) in [6.45, 7) is 4.44. The molecule has 0 saturated heterocycles. The Kier molecular flexibility index (Phi) is 8.86. The molecule has 0 spiro atoms. The van der Waals surface area contributed by atoms with Gasteiger partial charge in [-0.1, -0.05) is 6.92 Å². The summed E-state index contributed by atoms with van der Waals surface area (Å²) < 4.78 is 0. The predicted octanol–water partition coefficient (Wildman–Crippen LogP) is 2.13. The summed E-state index contributed by atoms with van der Waals surface area (Å²) in [4.78, 5) is 0. The molecule has 0 aliphatic carbocycles. The SMILES string of the molecule is C#CCCCNCCC(C)SC. The van der Waals surface area contributed by atoms with Crippen LogP contribution in [0.1, 0.15) is 26.2 Å². The van der Waals surface area contributed by atoms with Crippen molar-refractivity contribution < 1.29 is 0 Å². The number of hydrogen-bond donors (Lipinski definition) is 1. The summed E-state index contributed by atoms with van der Waals surface area (Å²) in [6.07, 6.45) is 10.5. The first-order chi connectivity index (χ1) is 5.81. The van der Waals surface area contributed by atoms with Gasteiger partial charge in [0.2, 0.25) is 0 Å². The molecule has 0 rings (SSSR count). The highest BCUT2D eigenvalue weighted by atomic mass is 32.2. The molecule has 12 heavy (non-hydrogen) atoms. The van der Waals surface area contributed by atoms with Gasteiger partial charge in [-0.15, -0.1) is 12.3 Å². The van der Waals surface area contributed by atoms with Crippen LogP contribution in [0.5, 0.6) is 0 Å². The van der Waals surface area contributed by atoms with Crippen LogP contribution in [0.4, 0.5) is 0 Å². The van der Waals surface area contributed by atoms with Crippen LogP contribution in [-0.2, 0) is 0 Å². The molecule has 70 valence electrons. The van der Waals surface area contributed by atoms with E-state index in [1.54, 1.807) is 0 Å². The molecule has 1 N–H and O–H groups in total. The fourth-order valence-corrected chi connectivity index (χ4v) is 1.22. The Balaban J connectivity index is 2.96. The lowest BCUT2D eigenvalue weighted by Gasteiger charge is -2.07. The van der Waals surface area contributed by atoms with Gasteiger partial charge in [-0.05, 0) is 32.2 Å². The Morgan fingerprint density at radius 3 is 2.83 bits per heavy atom. The molecule has 1 atom stereocenters. The lowest BCUT2D eigenvalue weighted by atomic mass is 10.3. The Morgan fingerprint density at radius 2 is 2.25 bits per heavy atom. The van der Waals surface area contributed by atoms with Crippen LogP contribution < -0.4 is 5.32 Å². The number of nitrogens with one attached hydrogen (secondary N) is 1. The van der Waals surface area contributed by atoms with E-state index in [1.165, 1.54) is 6.42 Å². The van der Waals surface area contributed by atoms with Crippen molar-refractivity contribution in [1.29, 1.82) is 0 Å². The summed E-state index contributed by atoms with van der Waals surface area (Å²) in [5.41, 5.74) is 0. The largest absolute Gasteiger partial charge is 0.317 e. The zero-order valence-corrected chi connectivity index (χ0v) is 8.91. The van der Waals surface area contributed by atoms with E-state index in [2.05, 4.69) is 24.4 Å². The molecule has 0 aromatic carbocycles. The van der Waals surface area contributed by atoms with Gasteiger partial charge in [0.1, 0.15) is 0 Å². The summed E-state index contributed by atoms with van der Waals surface area (Å²) in [6, 6.07) is 0. The van der Waals surface area contributed by atoms with Gasteiger partial charge < -0.3 is 5.32 Å². The van der Waals surface area contributed by atoms with Crippen molar-refractivity contribution in [2.75, 3.05) is 19.3 Å². The molecule has 0 fully saturated rings. The minimum atomic E-state index is 0.769. The van der Waals surface area contributed by atoms with E-state index in [-0.39, 0.29) is 0 Å². The number of thioether (sulfide) groups is 1. The Morgan fingerprint density at radius 1 is 1.50 bits per heavy atom. The zero-order chi connectivity index (χ0) is 9.23. The van der Waals surface area contributed by atoms with E-state index in [1.807, 2.05) is 11.8 Å². The van der Waals surface area contributed by atoms with E-state index >= 15 is 0 Å². The molecule has 0 aromatic rings. The van der Waals surface area contributed by atoms with Crippen molar-refractivity contribution in [3.63, 3.8) is 0 Å². The van der Waals surface area contributed by atoms with Gasteiger partial charge in [-0.25, -0.2) is 0 Å². The van der Waals surface area contributed by atoms with Crippen LogP contribution in [0.25, 0.3) is 0 Å². The Bertz CT molecular complexity index is 128. The second-order valence-electron chi connectivity index (χ2n) is 2.89.